The molecule has 0 amide bonds. The van der Waals surface area contributed by atoms with Crippen molar-refractivity contribution in [3.05, 3.63) is 35.4 Å². The van der Waals surface area contributed by atoms with Crippen molar-refractivity contribution in [3.63, 3.8) is 0 Å². The second kappa shape index (κ2) is 4.66. The van der Waals surface area contributed by atoms with E-state index in [0.717, 1.165) is 5.56 Å². The Bertz CT molecular complexity index is 383. The molecule has 16 heavy (non-hydrogen) atoms. The summed E-state index contributed by atoms with van der Waals surface area (Å²) in [4.78, 5) is 10.4. The summed E-state index contributed by atoms with van der Waals surface area (Å²) in [6, 6.07) is 7.88. The molecular weight excluding hydrogens is 204 g/mol. The largest absolute Gasteiger partial charge is 0.481 e. The first kappa shape index (κ1) is 11.1. The second-order valence-electron chi connectivity index (χ2n) is 4.39. The SMILES string of the molecule is O=C(O)CCC(O)c1cccc(C2CC2)c1. The summed E-state index contributed by atoms with van der Waals surface area (Å²) in [5, 5.41) is 18.4. The van der Waals surface area contributed by atoms with Gasteiger partial charge in [0.25, 0.3) is 0 Å². The first-order valence-electron chi connectivity index (χ1n) is 5.66. The molecule has 1 atom stereocenters. The minimum Gasteiger partial charge on any atom is -0.481 e. The molecule has 0 saturated heterocycles. The van der Waals surface area contributed by atoms with Gasteiger partial charge >= 0.3 is 5.97 Å². The van der Waals surface area contributed by atoms with Gasteiger partial charge in [-0.2, -0.15) is 0 Å². The van der Waals surface area contributed by atoms with Gasteiger partial charge in [0, 0.05) is 6.42 Å². The highest BCUT2D eigenvalue weighted by Gasteiger charge is 2.24. The Morgan fingerprint density at radius 2 is 2.19 bits per heavy atom. The standard InChI is InChI=1S/C13H16O3/c14-12(6-7-13(15)16)11-3-1-2-10(8-11)9-4-5-9/h1-3,8-9,12,14H,4-7H2,(H,15,16). The molecule has 0 aromatic heterocycles. The number of rotatable bonds is 5. The minimum absolute atomic E-state index is 0.00875. The summed E-state index contributed by atoms with van der Waals surface area (Å²) >= 11 is 0. The molecule has 1 fully saturated rings. The number of hydrogen-bond acceptors (Lipinski definition) is 2. The van der Waals surface area contributed by atoms with Gasteiger partial charge in [-0.3, -0.25) is 4.79 Å². The van der Waals surface area contributed by atoms with Crippen LogP contribution in [0.25, 0.3) is 0 Å². The summed E-state index contributed by atoms with van der Waals surface area (Å²) in [7, 11) is 0. The van der Waals surface area contributed by atoms with Gasteiger partial charge in [-0.1, -0.05) is 24.3 Å². The number of carboxylic acid groups (broad SMARTS) is 1. The monoisotopic (exact) mass is 220 g/mol. The molecule has 1 aromatic rings. The maximum Gasteiger partial charge on any atom is 0.303 e. The van der Waals surface area contributed by atoms with E-state index in [9.17, 15) is 9.90 Å². The van der Waals surface area contributed by atoms with Gasteiger partial charge in [-0.05, 0) is 36.3 Å². The zero-order valence-corrected chi connectivity index (χ0v) is 9.10. The molecule has 0 heterocycles. The lowest BCUT2D eigenvalue weighted by atomic mass is 10.0. The molecule has 1 aliphatic rings. The Hall–Kier alpha value is -1.35. The number of aliphatic hydroxyl groups is 1. The van der Waals surface area contributed by atoms with E-state index in [0.29, 0.717) is 5.92 Å². The third-order valence-corrected chi connectivity index (χ3v) is 2.98. The summed E-state index contributed by atoms with van der Waals surface area (Å²) in [6.07, 6.45) is 2.09. The van der Waals surface area contributed by atoms with E-state index in [1.165, 1.54) is 18.4 Å². The van der Waals surface area contributed by atoms with Crippen molar-refractivity contribution in [1.29, 1.82) is 0 Å². The molecule has 1 unspecified atom stereocenters. The molecule has 1 aromatic carbocycles. The van der Waals surface area contributed by atoms with Crippen molar-refractivity contribution in [2.45, 2.75) is 37.7 Å². The van der Waals surface area contributed by atoms with Crippen molar-refractivity contribution < 1.29 is 15.0 Å². The molecule has 2 rings (SSSR count). The van der Waals surface area contributed by atoms with Crippen LogP contribution in [-0.4, -0.2) is 16.2 Å². The van der Waals surface area contributed by atoms with Crippen LogP contribution >= 0.6 is 0 Å². The van der Waals surface area contributed by atoms with Crippen molar-refractivity contribution in [1.82, 2.24) is 0 Å². The van der Waals surface area contributed by atoms with Gasteiger partial charge in [0.15, 0.2) is 0 Å². The third kappa shape index (κ3) is 2.83. The zero-order valence-electron chi connectivity index (χ0n) is 9.10. The van der Waals surface area contributed by atoms with Crippen LogP contribution in [0.15, 0.2) is 24.3 Å². The van der Waals surface area contributed by atoms with E-state index in [1.807, 2.05) is 18.2 Å². The van der Waals surface area contributed by atoms with E-state index in [4.69, 9.17) is 5.11 Å². The molecule has 0 radical (unpaired) electrons. The topological polar surface area (TPSA) is 57.5 Å². The predicted molar refractivity (Wildman–Crippen MR) is 60.2 cm³/mol. The molecule has 86 valence electrons. The Morgan fingerprint density at radius 1 is 1.44 bits per heavy atom. The van der Waals surface area contributed by atoms with Crippen LogP contribution in [0.2, 0.25) is 0 Å². The van der Waals surface area contributed by atoms with Gasteiger partial charge in [0.2, 0.25) is 0 Å². The van der Waals surface area contributed by atoms with Gasteiger partial charge < -0.3 is 10.2 Å². The number of hydrogen-bond donors (Lipinski definition) is 2. The van der Waals surface area contributed by atoms with Crippen LogP contribution in [0.1, 0.15) is 48.8 Å². The highest BCUT2D eigenvalue weighted by Crippen LogP contribution is 2.40. The molecule has 0 spiro atoms. The first-order valence-corrected chi connectivity index (χ1v) is 5.66. The number of benzene rings is 1. The van der Waals surface area contributed by atoms with Crippen molar-refractivity contribution in [3.8, 4) is 0 Å². The highest BCUT2D eigenvalue weighted by molar-refractivity contribution is 5.66. The zero-order chi connectivity index (χ0) is 11.5. The molecule has 2 N–H and O–H groups in total. The Balaban J connectivity index is 2.01. The van der Waals surface area contributed by atoms with Crippen LogP contribution in [0.3, 0.4) is 0 Å². The number of aliphatic hydroxyl groups excluding tert-OH is 1. The predicted octanol–water partition coefficient (Wildman–Crippen LogP) is 2.46. The minimum atomic E-state index is -0.864. The van der Waals surface area contributed by atoms with Gasteiger partial charge in [0.1, 0.15) is 0 Å². The van der Waals surface area contributed by atoms with E-state index in [1.54, 1.807) is 0 Å². The van der Waals surface area contributed by atoms with Gasteiger partial charge in [-0.25, -0.2) is 0 Å². The average Bonchev–Trinajstić information content (AvgIpc) is 3.10. The summed E-state index contributed by atoms with van der Waals surface area (Å²) in [5.74, 6) is -0.205. The molecule has 1 saturated carbocycles. The normalized spacial score (nSPS) is 17.1. The molecule has 0 bridgehead atoms. The van der Waals surface area contributed by atoms with Crippen LogP contribution in [-0.2, 0) is 4.79 Å². The molecule has 3 heteroatoms. The van der Waals surface area contributed by atoms with Gasteiger partial charge in [0.05, 0.1) is 6.10 Å². The first-order chi connectivity index (χ1) is 7.66. The Kier molecular flexibility index (Phi) is 3.25. The maximum atomic E-state index is 10.4. The fourth-order valence-electron chi connectivity index (χ4n) is 1.86. The third-order valence-electron chi connectivity index (χ3n) is 2.98. The van der Waals surface area contributed by atoms with E-state index in [-0.39, 0.29) is 12.8 Å². The molecular formula is C13H16O3. The number of carboxylic acids is 1. The lowest BCUT2D eigenvalue weighted by Gasteiger charge is -2.10. The summed E-state index contributed by atoms with van der Waals surface area (Å²) in [6.45, 7) is 0. The lowest BCUT2D eigenvalue weighted by molar-refractivity contribution is -0.137. The molecule has 3 nitrogen and oxygen atoms in total. The highest BCUT2D eigenvalue weighted by atomic mass is 16.4. The number of aliphatic carboxylic acids is 1. The Labute approximate surface area is 94.7 Å². The fourth-order valence-corrected chi connectivity index (χ4v) is 1.86. The van der Waals surface area contributed by atoms with Crippen LogP contribution in [0.5, 0.6) is 0 Å². The van der Waals surface area contributed by atoms with E-state index in [2.05, 4.69) is 6.07 Å². The molecule has 1 aliphatic carbocycles. The van der Waals surface area contributed by atoms with E-state index >= 15 is 0 Å². The van der Waals surface area contributed by atoms with Crippen LogP contribution < -0.4 is 0 Å². The molecule has 0 aliphatic heterocycles. The summed E-state index contributed by atoms with van der Waals surface area (Å²) < 4.78 is 0. The maximum absolute atomic E-state index is 10.4. The fraction of sp³-hybridized carbons (Fsp3) is 0.462. The average molecular weight is 220 g/mol. The van der Waals surface area contributed by atoms with Crippen LogP contribution in [0, 0.1) is 0 Å². The van der Waals surface area contributed by atoms with Gasteiger partial charge in [-0.15, -0.1) is 0 Å². The smallest absolute Gasteiger partial charge is 0.303 e. The quantitative estimate of drug-likeness (QED) is 0.801. The van der Waals surface area contributed by atoms with Crippen molar-refractivity contribution in [2.24, 2.45) is 0 Å². The van der Waals surface area contributed by atoms with E-state index < -0.39 is 12.1 Å². The van der Waals surface area contributed by atoms with Crippen molar-refractivity contribution in [2.75, 3.05) is 0 Å². The van der Waals surface area contributed by atoms with Crippen LogP contribution in [0.4, 0.5) is 0 Å². The Morgan fingerprint density at radius 3 is 2.81 bits per heavy atom. The lowest BCUT2D eigenvalue weighted by Crippen LogP contribution is -2.02. The van der Waals surface area contributed by atoms with Crippen molar-refractivity contribution >= 4 is 5.97 Å². The second-order valence-corrected chi connectivity index (χ2v) is 4.39. The number of carbonyl (C=O) groups is 1. The summed E-state index contributed by atoms with van der Waals surface area (Å²) in [5.41, 5.74) is 2.11.